The second-order valence-corrected chi connectivity index (χ2v) is 8.53. The van der Waals surface area contributed by atoms with Gasteiger partial charge in [-0.2, -0.15) is 0 Å². The average Bonchev–Trinajstić information content (AvgIpc) is 2.55. The van der Waals surface area contributed by atoms with Gasteiger partial charge < -0.3 is 0 Å². The summed E-state index contributed by atoms with van der Waals surface area (Å²) in [6.07, 6.45) is 1.69. The van der Waals surface area contributed by atoms with Crippen molar-refractivity contribution >= 4 is 92.2 Å². The van der Waals surface area contributed by atoms with Gasteiger partial charge in [-0.3, -0.25) is 0 Å². The Morgan fingerprint density at radius 3 is 1.76 bits per heavy atom. The maximum atomic E-state index is 6.36. The summed E-state index contributed by atoms with van der Waals surface area (Å²) in [5.41, 5.74) is 2.88. The molecule has 3 aromatic rings. The van der Waals surface area contributed by atoms with Gasteiger partial charge in [0.1, 0.15) is 3.70 Å². The van der Waals surface area contributed by atoms with Gasteiger partial charge in [-0.1, -0.05) is 69.6 Å². The predicted molar refractivity (Wildman–Crippen MR) is 118 cm³/mol. The van der Waals surface area contributed by atoms with Gasteiger partial charge in [0.25, 0.3) is 0 Å². The summed E-state index contributed by atoms with van der Waals surface area (Å²) >= 11 is 39.3. The third-order valence-corrected chi connectivity index (χ3v) is 6.33. The van der Waals surface area contributed by atoms with E-state index in [1.165, 1.54) is 0 Å². The van der Waals surface area contributed by atoms with E-state index < -0.39 is 0 Å². The van der Waals surface area contributed by atoms with Gasteiger partial charge in [0.05, 0.1) is 20.1 Å². The molecule has 0 aliphatic carbocycles. The first-order chi connectivity index (χ1) is 11.8. The highest BCUT2D eigenvalue weighted by Crippen LogP contribution is 2.41. The summed E-state index contributed by atoms with van der Waals surface area (Å²) in [5.74, 6) is 0. The van der Waals surface area contributed by atoms with E-state index in [0.717, 1.165) is 14.8 Å². The van der Waals surface area contributed by atoms with Crippen molar-refractivity contribution in [3.8, 4) is 22.3 Å². The van der Waals surface area contributed by atoms with E-state index >= 15 is 0 Å². The minimum atomic E-state index is 0.369. The monoisotopic (exact) mass is 561 g/mol. The van der Waals surface area contributed by atoms with Gasteiger partial charge in [0, 0.05) is 38.5 Å². The molecule has 1 nitrogen and oxygen atoms in total. The number of aromatic nitrogens is 1. The summed E-state index contributed by atoms with van der Waals surface area (Å²) in [6, 6.07) is 8.55. The molecule has 0 saturated carbocycles. The standard InChI is InChI=1S/C17H6Cl6IN/c18-8-2-10(15(22)13(20)4-8)7-1-12(17(24)25-6-7)11-3-9(19)5-14(21)16(11)23/h1-6H. The molecule has 1 heterocycles. The van der Waals surface area contributed by atoms with Crippen molar-refractivity contribution in [3.05, 3.63) is 70.4 Å². The molecule has 8 heteroatoms. The van der Waals surface area contributed by atoms with Crippen LogP contribution in [0.1, 0.15) is 0 Å². The lowest BCUT2D eigenvalue weighted by atomic mass is 10.0. The molecular formula is C17H6Cl6IN. The molecule has 0 bridgehead atoms. The van der Waals surface area contributed by atoms with Crippen molar-refractivity contribution in [2.45, 2.75) is 0 Å². The minimum absolute atomic E-state index is 0.369. The molecule has 0 atom stereocenters. The van der Waals surface area contributed by atoms with Crippen LogP contribution in [0.2, 0.25) is 30.1 Å². The van der Waals surface area contributed by atoms with Crippen LogP contribution in [0.3, 0.4) is 0 Å². The van der Waals surface area contributed by atoms with E-state index in [2.05, 4.69) is 27.6 Å². The minimum Gasteiger partial charge on any atom is -0.249 e. The fourth-order valence-electron chi connectivity index (χ4n) is 2.30. The molecule has 1 aromatic heterocycles. The Kier molecular flexibility index (Phi) is 6.32. The quantitative estimate of drug-likeness (QED) is 0.172. The lowest BCUT2D eigenvalue weighted by Crippen LogP contribution is -1.92. The van der Waals surface area contributed by atoms with Gasteiger partial charge in [0.2, 0.25) is 0 Å². The van der Waals surface area contributed by atoms with E-state index in [1.807, 2.05) is 6.07 Å². The Morgan fingerprint density at radius 1 is 0.640 bits per heavy atom. The lowest BCUT2D eigenvalue weighted by molar-refractivity contribution is 1.27. The molecule has 128 valence electrons. The molecule has 0 radical (unpaired) electrons. The van der Waals surface area contributed by atoms with Crippen LogP contribution in [-0.2, 0) is 0 Å². The number of benzene rings is 2. The average molecular weight is 564 g/mol. The van der Waals surface area contributed by atoms with Crippen LogP contribution in [0.25, 0.3) is 22.3 Å². The number of pyridine rings is 1. The topological polar surface area (TPSA) is 12.9 Å². The maximum absolute atomic E-state index is 6.36. The van der Waals surface area contributed by atoms with Crippen molar-refractivity contribution in [1.82, 2.24) is 4.98 Å². The Balaban J connectivity index is 2.25. The van der Waals surface area contributed by atoms with E-state index in [0.29, 0.717) is 41.3 Å². The highest BCUT2D eigenvalue weighted by molar-refractivity contribution is 14.1. The zero-order chi connectivity index (χ0) is 18.3. The summed E-state index contributed by atoms with van der Waals surface area (Å²) < 4.78 is 0.742. The van der Waals surface area contributed by atoms with Gasteiger partial charge in [0.15, 0.2) is 0 Å². The Bertz CT molecular complexity index is 989. The fraction of sp³-hybridized carbons (Fsp3) is 0. The van der Waals surface area contributed by atoms with Gasteiger partial charge in [-0.15, -0.1) is 0 Å². The first kappa shape index (κ1) is 19.8. The Hall–Kier alpha value is 0.0600. The van der Waals surface area contributed by atoms with E-state index in [9.17, 15) is 0 Å². The molecule has 0 aliphatic heterocycles. The second-order valence-electron chi connectivity index (χ2n) is 5.06. The molecule has 0 N–H and O–H groups in total. The van der Waals surface area contributed by atoms with E-state index in [1.54, 1.807) is 30.5 Å². The molecule has 0 spiro atoms. The Labute approximate surface area is 188 Å². The number of halogens is 7. The molecular weight excluding hydrogens is 558 g/mol. The molecule has 0 saturated heterocycles. The van der Waals surface area contributed by atoms with Crippen molar-refractivity contribution in [3.63, 3.8) is 0 Å². The summed E-state index contributed by atoms with van der Waals surface area (Å²) in [4.78, 5) is 4.43. The number of nitrogens with zero attached hydrogens (tertiary/aromatic N) is 1. The molecule has 0 fully saturated rings. The van der Waals surface area contributed by atoms with Crippen molar-refractivity contribution in [1.29, 1.82) is 0 Å². The smallest absolute Gasteiger partial charge is 0.109 e. The van der Waals surface area contributed by atoms with Gasteiger partial charge >= 0.3 is 0 Å². The molecule has 0 aliphatic rings. The fourth-order valence-corrected chi connectivity index (χ4v) is 4.30. The van der Waals surface area contributed by atoms with Gasteiger partial charge in [-0.05, 0) is 52.9 Å². The summed E-state index contributed by atoms with van der Waals surface area (Å²) in [5, 5.41) is 2.50. The first-order valence-electron chi connectivity index (χ1n) is 6.73. The number of hydrogen-bond acceptors (Lipinski definition) is 1. The van der Waals surface area contributed by atoms with Crippen LogP contribution in [0, 0.1) is 3.70 Å². The van der Waals surface area contributed by atoms with Crippen LogP contribution in [0.4, 0.5) is 0 Å². The van der Waals surface area contributed by atoms with Crippen LogP contribution in [0.5, 0.6) is 0 Å². The Morgan fingerprint density at radius 2 is 1.16 bits per heavy atom. The SMILES string of the molecule is Clc1cc(Cl)c(Cl)c(-c2cnc(I)c(-c3cc(Cl)cc(Cl)c3Cl)c2)c1. The molecule has 25 heavy (non-hydrogen) atoms. The first-order valence-corrected chi connectivity index (χ1v) is 10.1. The van der Waals surface area contributed by atoms with Crippen molar-refractivity contribution in [2.24, 2.45) is 0 Å². The van der Waals surface area contributed by atoms with Crippen LogP contribution in [0.15, 0.2) is 36.5 Å². The normalized spacial score (nSPS) is 11.0. The third-order valence-electron chi connectivity index (χ3n) is 3.43. The highest BCUT2D eigenvalue weighted by atomic mass is 127. The summed E-state index contributed by atoms with van der Waals surface area (Å²) in [7, 11) is 0. The van der Waals surface area contributed by atoms with Crippen LogP contribution >= 0.6 is 92.2 Å². The molecule has 3 rings (SSSR count). The predicted octanol–water partition coefficient (Wildman–Crippen LogP) is 8.94. The zero-order valence-electron chi connectivity index (χ0n) is 12.1. The van der Waals surface area contributed by atoms with Crippen molar-refractivity contribution < 1.29 is 0 Å². The van der Waals surface area contributed by atoms with E-state index in [-0.39, 0.29) is 0 Å². The largest absolute Gasteiger partial charge is 0.249 e. The van der Waals surface area contributed by atoms with Gasteiger partial charge in [-0.25, -0.2) is 4.98 Å². The second kappa shape index (κ2) is 7.97. The maximum Gasteiger partial charge on any atom is 0.109 e. The number of hydrogen-bond donors (Lipinski definition) is 0. The highest BCUT2D eigenvalue weighted by Gasteiger charge is 2.16. The molecule has 0 unspecified atom stereocenters. The van der Waals surface area contributed by atoms with E-state index in [4.69, 9.17) is 69.6 Å². The van der Waals surface area contributed by atoms with Crippen LogP contribution in [-0.4, -0.2) is 4.98 Å². The zero-order valence-corrected chi connectivity index (χ0v) is 18.8. The number of rotatable bonds is 2. The summed E-state index contributed by atoms with van der Waals surface area (Å²) in [6.45, 7) is 0. The van der Waals surface area contributed by atoms with Crippen LogP contribution < -0.4 is 0 Å². The molecule has 2 aromatic carbocycles. The van der Waals surface area contributed by atoms with Crippen molar-refractivity contribution in [2.75, 3.05) is 0 Å². The molecule has 0 amide bonds. The third kappa shape index (κ3) is 4.16. The lowest BCUT2D eigenvalue weighted by Gasteiger charge is -2.12.